The van der Waals surface area contributed by atoms with Gasteiger partial charge in [0.2, 0.25) is 0 Å². The molecular weight excluding hydrogens is 398 g/mol. The number of ether oxygens (including phenoxy) is 1. The third kappa shape index (κ3) is 4.88. The monoisotopic (exact) mass is 425 g/mol. The average Bonchev–Trinajstić information content (AvgIpc) is 2.70. The fourth-order valence-corrected chi connectivity index (χ4v) is 4.46. The lowest BCUT2D eigenvalue weighted by atomic mass is 9.85. The topological polar surface area (TPSA) is 49.8 Å². The molecule has 4 nitrogen and oxygen atoms in total. The highest BCUT2D eigenvalue weighted by molar-refractivity contribution is 6.30. The average molecular weight is 426 g/mol. The highest BCUT2D eigenvalue weighted by Gasteiger charge is 2.33. The third-order valence-corrected chi connectivity index (χ3v) is 6.47. The molecular formula is C25H28ClNO3. The number of rotatable bonds is 8. The number of benzene rings is 2. The molecule has 1 fully saturated rings. The van der Waals surface area contributed by atoms with Crippen LogP contribution in [-0.4, -0.2) is 42.2 Å². The highest BCUT2D eigenvalue weighted by Crippen LogP contribution is 2.34. The Morgan fingerprint density at radius 1 is 1.17 bits per heavy atom. The number of aliphatic carboxylic acids is 1. The minimum Gasteiger partial charge on any atom is -0.494 e. The standard InChI is InChI=1S/C25H28ClNO3/c1-17-20(14-27-15-21(16-27)25(28)29)7-6-19-13-23(10-11-24(17)19)30-12-2-3-18-4-8-22(26)9-5-18/h4-5,8-11,13,21H,2-3,6-7,12,14-16H2,1H3,(H,28,29). The molecule has 0 saturated carbocycles. The van der Waals surface area contributed by atoms with E-state index in [1.807, 2.05) is 12.1 Å². The van der Waals surface area contributed by atoms with Crippen LogP contribution >= 0.6 is 11.6 Å². The van der Waals surface area contributed by atoms with Gasteiger partial charge in [-0.1, -0.05) is 35.4 Å². The first-order valence-corrected chi connectivity index (χ1v) is 11.0. The predicted molar refractivity (Wildman–Crippen MR) is 120 cm³/mol. The number of likely N-dealkylation sites (tertiary alicyclic amines) is 1. The number of hydrogen-bond acceptors (Lipinski definition) is 3. The van der Waals surface area contributed by atoms with Gasteiger partial charge in [0.25, 0.3) is 0 Å². The number of carboxylic acids is 1. The van der Waals surface area contributed by atoms with Gasteiger partial charge >= 0.3 is 5.97 Å². The smallest absolute Gasteiger partial charge is 0.309 e. The first-order valence-electron chi connectivity index (χ1n) is 10.6. The molecule has 0 amide bonds. The van der Waals surface area contributed by atoms with Crippen LogP contribution in [0.5, 0.6) is 5.75 Å². The quantitative estimate of drug-likeness (QED) is 0.598. The van der Waals surface area contributed by atoms with Crippen LogP contribution in [0, 0.1) is 5.92 Å². The summed E-state index contributed by atoms with van der Waals surface area (Å²) in [4.78, 5) is 13.2. The fourth-order valence-electron chi connectivity index (χ4n) is 4.34. The second-order valence-electron chi connectivity index (χ2n) is 8.36. The number of carbonyl (C=O) groups is 1. The number of halogens is 1. The molecule has 0 spiro atoms. The zero-order chi connectivity index (χ0) is 21.1. The molecule has 0 atom stereocenters. The maximum absolute atomic E-state index is 11.0. The number of fused-ring (bicyclic) bond motifs is 1. The van der Waals surface area contributed by atoms with E-state index in [0.717, 1.165) is 43.0 Å². The number of nitrogens with zero attached hydrogens (tertiary/aromatic N) is 1. The minimum absolute atomic E-state index is 0.193. The van der Waals surface area contributed by atoms with Crippen LogP contribution in [-0.2, 0) is 17.6 Å². The van der Waals surface area contributed by atoms with Crippen molar-refractivity contribution in [2.75, 3.05) is 26.2 Å². The first kappa shape index (κ1) is 21.0. The molecule has 0 aromatic heterocycles. The van der Waals surface area contributed by atoms with Gasteiger partial charge in [0, 0.05) is 24.7 Å². The van der Waals surface area contributed by atoms with E-state index in [9.17, 15) is 4.79 Å². The van der Waals surface area contributed by atoms with Crippen LogP contribution in [0.3, 0.4) is 0 Å². The summed E-state index contributed by atoms with van der Waals surface area (Å²) < 4.78 is 6.00. The second kappa shape index (κ2) is 9.23. The number of allylic oxidation sites excluding steroid dienone is 1. The van der Waals surface area contributed by atoms with Crippen molar-refractivity contribution in [3.05, 3.63) is 69.8 Å². The van der Waals surface area contributed by atoms with Crippen molar-refractivity contribution in [2.45, 2.75) is 32.6 Å². The summed E-state index contributed by atoms with van der Waals surface area (Å²) in [5.41, 5.74) is 6.70. The molecule has 1 N–H and O–H groups in total. The van der Waals surface area contributed by atoms with Crippen molar-refractivity contribution >= 4 is 23.1 Å². The van der Waals surface area contributed by atoms with Gasteiger partial charge in [-0.2, -0.15) is 0 Å². The summed E-state index contributed by atoms with van der Waals surface area (Å²) in [7, 11) is 0. The molecule has 158 valence electrons. The Morgan fingerprint density at radius 2 is 1.93 bits per heavy atom. The fraction of sp³-hybridized carbons (Fsp3) is 0.400. The lowest BCUT2D eigenvalue weighted by Gasteiger charge is -2.38. The molecule has 1 heterocycles. The van der Waals surface area contributed by atoms with Crippen LogP contribution in [0.4, 0.5) is 0 Å². The molecule has 1 aliphatic heterocycles. The molecule has 0 unspecified atom stereocenters. The Hall–Kier alpha value is -2.30. The molecule has 4 rings (SSSR count). The Balaban J connectivity index is 1.30. The minimum atomic E-state index is -0.674. The van der Waals surface area contributed by atoms with Gasteiger partial charge in [-0.25, -0.2) is 0 Å². The molecule has 2 aliphatic rings. The second-order valence-corrected chi connectivity index (χ2v) is 8.79. The van der Waals surface area contributed by atoms with Gasteiger partial charge in [-0.05, 0) is 79.1 Å². The van der Waals surface area contributed by atoms with Crippen molar-refractivity contribution in [3.63, 3.8) is 0 Å². The van der Waals surface area contributed by atoms with Gasteiger partial charge < -0.3 is 9.84 Å². The Kier molecular flexibility index (Phi) is 6.45. The summed E-state index contributed by atoms with van der Waals surface area (Å²) in [6.07, 6.45) is 3.99. The molecule has 2 aromatic rings. The van der Waals surface area contributed by atoms with Crippen LogP contribution in [0.15, 0.2) is 48.0 Å². The van der Waals surface area contributed by atoms with E-state index in [4.69, 9.17) is 21.4 Å². The predicted octanol–water partition coefficient (Wildman–Crippen LogP) is 5.09. The van der Waals surface area contributed by atoms with E-state index < -0.39 is 5.97 Å². The summed E-state index contributed by atoms with van der Waals surface area (Å²) in [6, 6.07) is 14.4. The summed E-state index contributed by atoms with van der Waals surface area (Å²) in [5.74, 6) is 0.0703. The van der Waals surface area contributed by atoms with Crippen molar-refractivity contribution in [1.82, 2.24) is 4.90 Å². The van der Waals surface area contributed by atoms with E-state index in [1.54, 1.807) is 0 Å². The zero-order valence-electron chi connectivity index (χ0n) is 17.4. The summed E-state index contributed by atoms with van der Waals surface area (Å²) in [6.45, 7) is 5.11. The van der Waals surface area contributed by atoms with Gasteiger partial charge in [0.15, 0.2) is 0 Å². The van der Waals surface area contributed by atoms with E-state index in [0.29, 0.717) is 19.7 Å². The van der Waals surface area contributed by atoms with Gasteiger partial charge in [0.1, 0.15) is 5.75 Å². The Bertz CT molecular complexity index is 945. The summed E-state index contributed by atoms with van der Waals surface area (Å²) >= 11 is 5.93. The summed E-state index contributed by atoms with van der Waals surface area (Å²) in [5, 5.41) is 9.82. The van der Waals surface area contributed by atoms with Crippen LogP contribution in [0.25, 0.3) is 5.57 Å². The van der Waals surface area contributed by atoms with Crippen molar-refractivity contribution in [3.8, 4) is 5.75 Å². The zero-order valence-corrected chi connectivity index (χ0v) is 18.1. The normalized spacial score (nSPS) is 16.9. The number of carboxylic acid groups (broad SMARTS) is 1. The van der Waals surface area contributed by atoms with Crippen LogP contribution in [0.2, 0.25) is 5.02 Å². The molecule has 30 heavy (non-hydrogen) atoms. The van der Waals surface area contributed by atoms with Crippen LogP contribution in [0.1, 0.15) is 36.5 Å². The maximum Gasteiger partial charge on any atom is 0.309 e. The SMILES string of the molecule is CC1=C(CN2CC(C(=O)O)C2)CCc2cc(OCCCc3ccc(Cl)cc3)ccc21. The van der Waals surface area contributed by atoms with E-state index >= 15 is 0 Å². The molecule has 2 aromatic carbocycles. The number of hydrogen-bond donors (Lipinski definition) is 1. The van der Waals surface area contributed by atoms with Gasteiger partial charge in [-0.15, -0.1) is 0 Å². The number of aryl methyl sites for hydroxylation is 2. The molecule has 0 radical (unpaired) electrons. The Morgan fingerprint density at radius 3 is 2.67 bits per heavy atom. The molecule has 5 heteroatoms. The Labute approximate surface area is 183 Å². The third-order valence-electron chi connectivity index (χ3n) is 6.22. The van der Waals surface area contributed by atoms with Gasteiger partial charge in [0.05, 0.1) is 12.5 Å². The van der Waals surface area contributed by atoms with Crippen molar-refractivity contribution in [1.29, 1.82) is 0 Å². The highest BCUT2D eigenvalue weighted by atomic mass is 35.5. The molecule has 1 saturated heterocycles. The van der Waals surface area contributed by atoms with Crippen LogP contribution < -0.4 is 4.74 Å². The molecule has 1 aliphatic carbocycles. The largest absolute Gasteiger partial charge is 0.494 e. The van der Waals surface area contributed by atoms with Crippen molar-refractivity contribution in [2.24, 2.45) is 5.92 Å². The van der Waals surface area contributed by atoms with Crippen molar-refractivity contribution < 1.29 is 14.6 Å². The van der Waals surface area contributed by atoms with Gasteiger partial charge in [-0.3, -0.25) is 9.69 Å². The first-order chi connectivity index (χ1) is 14.5. The van der Waals surface area contributed by atoms with E-state index in [2.05, 4.69) is 42.2 Å². The van der Waals surface area contributed by atoms with E-state index in [-0.39, 0.29) is 5.92 Å². The van der Waals surface area contributed by atoms with E-state index in [1.165, 1.54) is 27.8 Å². The molecule has 0 bridgehead atoms. The lowest BCUT2D eigenvalue weighted by molar-refractivity contribution is -0.147. The lowest BCUT2D eigenvalue weighted by Crippen LogP contribution is -2.50. The maximum atomic E-state index is 11.0.